The van der Waals surface area contributed by atoms with Crippen molar-refractivity contribution in [1.29, 1.82) is 0 Å². The molecule has 0 atom stereocenters. The molecule has 5 rings (SSSR count). The van der Waals surface area contributed by atoms with Gasteiger partial charge in [0.2, 0.25) is 0 Å². The molecule has 1 amide bonds. The highest BCUT2D eigenvalue weighted by molar-refractivity contribution is 6.04. The van der Waals surface area contributed by atoms with Crippen molar-refractivity contribution >= 4 is 17.4 Å². The molecule has 4 heterocycles. The predicted octanol–water partition coefficient (Wildman–Crippen LogP) is 4.90. The summed E-state index contributed by atoms with van der Waals surface area (Å²) in [5.74, 6) is -0.781. The second-order valence-corrected chi connectivity index (χ2v) is 8.56. The van der Waals surface area contributed by atoms with E-state index in [0.29, 0.717) is 11.4 Å². The Morgan fingerprint density at radius 1 is 1.06 bits per heavy atom. The molecule has 36 heavy (non-hydrogen) atoms. The standard InChI is InChI=1S/C25H22F3N7O/c1-16-4-5-17(24(36)31-23-12-19(6-7-30-23)25(26,27)28)11-22(16)35-15-21(32-33-35)18-10-20(14-29-13-18)34-8-2-3-9-34/h4-7,10-15H,2-3,8-9H2,1H3,(H,30,31,36). The van der Waals surface area contributed by atoms with E-state index in [2.05, 4.69) is 30.5 Å². The van der Waals surface area contributed by atoms with Gasteiger partial charge < -0.3 is 10.2 Å². The Morgan fingerprint density at radius 3 is 2.64 bits per heavy atom. The highest BCUT2D eigenvalue weighted by Crippen LogP contribution is 2.30. The normalized spacial score (nSPS) is 13.7. The first-order valence-corrected chi connectivity index (χ1v) is 11.4. The molecule has 0 bridgehead atoms. The third kappa shape index (κ3) is 4.90. The lowest BCUT2D eigenvalue weighted by molar-refractivity contribution is -0.137. The lowest BCUT2D eigenvalue weighted by atomic mass is 10.1. The van der Waals surface area contributed by atoms with Crippen LogP contribution in [-0.2, 0) is 6.18 Å². The summed E-state index contributed by atoms with van der Waals surface area (Å²) in [6.45, 7) is 3.87. The maximum absolute atomic E-state index is 13.0. The van der Waals surface area contributed by atoms with Gasteiger partial charge in [-0.05, 0) is 55.7 Å². The van der Waals surface area contributed by atoms with Gasteiger partial charge in [-0.2, -0.15) is 13.2 Å². The summed E-state index contributed by atoms with van der Waals surface area (Å²) in [6, 6.07) is 8.60. The molecule has 1 aliphatic heterocycles. The van der Waals surface area contributed by atoms with Gasteiger partial charge in [0.05, 0.1) is 29.3 Å². The van der Waals surface area contributed by atoms with Gasteiger partial charge in [-0.3, -0.25) is 9.78 Å². The summed E-state index contributed by atoms with van der Waals surface area (Å²) in [4.78, 5) is 23.2. The molecule has 0 unspecified atom stereocenters. The number of anilines is 2. The van der Waals surface area contributed by atoms with Crippen LogP contribution in [0.1, 0.15) is 34.3 Å². The van der Waals surface area contributed by atoms with Crippen molar-refractivity contribution in [1.82, 2.24) is 25.0 Å². The van der Waals surface area contributed by atoms with E-state index in [1.165, 1.54) is 0 Å². The number of aromatic nitrogens is 5. The molecule has 1 saturated heterocycles. The molecule has 1 aromatic carbocycles. The van der Waals surface area contributed by atoms with Crippen LogP contribution in [-0.4, -0.2) is 44.0 Å². The smallest absolute Gasteiger partial charge is 0.370 e. The Bertz CT molecular complexity index is 1410. The van der Waals surface area contributed by atoms with Crippen LogP contribution in [0.5, 0.6) is 0 Å². The second kappa shape index (κ2) is 9.40. The van der Waals surface area contributed by atoms with E-state index in [0.717, 1.165) is 61.1 Å². The Labute approximate surface area is 204 Å². The lowest BCUT2D eigenvalue weighted by Crippen LogP contribution is -2.17. The first-order valence-electron chi connectivity index (χ1n) is 11.4. The molecular weight excluding hydrogens is 471 g/mol. The SMILES string of the molecule is Cc1ccc(C(=O)Nc2cc(C(F)(F)F)ccn2)cc1-n1cc(-c2cncc(N3CCCC3)c2)nn1. The summed E-state index contributed by atoms with van der Waals surface area (Å²) >= 11 is 0. The number of benzene rings is 1. The van der Waals surface area contributed by atoms with Gasteiger partial charge in [-0.15, -0.1) is 5.10 Å². The number of aryl methyl sites for hydroxylation is 1. The molecule has 1 aliphatic rings. The van der Waals surface area contributed by atoms with Crippen LogP contribution < -0.4 is 10.2 Å². The average molecular weight is 493 g/mol. The van der Waals surface area contributed by atoms with Gasteiger partial charge in [-0.1, -0.05) is 11.3 Å². The number of nitrogens with zero attached hydrogens (tertiary/aromatic N) is 6. The molecule has 1 N–H and O–H groups in total. The van der Waals surface area contributed by atoms with E-state index in [1.807, 2.05) is 19.2 Å². The zero-order chi connectivity index (χ0) is 25.3. The number of halogens is 3. The van der Waals surface area contributed by atoms with Crippen molar-refractivity contribution in [2.45, 2.75) is 25.9 Å². The van der Waals surface area contributed by atoms with E-state index in [4.69, 9.17) is 0 Å². The van der Waals surface area contributed by atoms with Crippen molar-refractivity contribution in [2.24, 2.45) is 0 Å². The van der Waals surface area contributed by atoms with Gasteiger partial charge in [0.25, 0.3) is 5.91 Å². The minimum atomic E-state index is -4.53. The Morgan fingerprint density at radius 2 is 1.86 bits per heavy atom. The predicted molar refractivity (Wildman–Crippen MR) is 128 cm³/mol. The number of carbonyl (C=O) groups is 1. The average Bonchev–Trinajstić information content (AvgIpc) is 3.57. The molecule has 0 aliphatic carbocycles. The third-order valence-electron chi connectivity index (χ3n) is 6.03. The highest BCUT2D eigenvalue weighted by Gasteiger charge is 2.31. The minimum absolute atomic E-state index is 0.189. The molecule has 0 radical (unpaired) electrons. The van der Waals surface area contributed by atoms with Crippen LogP contribution in [0.25, 0.3) is 16.9 Å². The van der Waals surface area contributed by atoms with Crippen molar-refractivity contribution in [3.05, 3.63) is 77.9 Å². The Kier molecular flexibility index (Phi) is 6.13. The monoisotopic (exact) mass is 493 g/mol. The van der Waals surface area contributed by atoms with Crippen LogP contribution in [0.4, 0.5) is 24.7 Å². The molecule has 11 heteroatoms. The van der Waals surface area contributed by atoms with Crippen molar-refractivity contribution < 1.29 is 18.0 Å². The summed E-state index contributed by atoms with van der Waals surface area (Å²) in [5.41, 5.74) is 3.29. The summed E-state index contributed by atoms with van der Waals surface area (Å²) < 4.78 is 40.5. The summed E-state index contributed by atoms with van der Waals surface area (Å²) in [7, 11) is 0. The van der Waals surface area contributed by atoms with E-state index >= 15 is 0 Å². The minimum Gasteiger partial charge on any atom is -0.370 e. The number of nitrogens with one attached hydrogen (secondary N) is 1. The Hall–Kier alpha value is -4.28. The fraction of sp³-hybridized carbons (Fsp3) is 0.240. The molecule has 184 valence electrons. The fourth-order valence-electron chi connectivity index (χ4n) is 4.09. The number of amides is 1. The molecule has 4 aromatic rings. The number of rotatable bonds is 5. The van der Waals surface area contributed by atoms with Gasteiger partial charge in [0.1, 0.15) is 11.5 Å². The number of carbonyl (C=O) groups excluding carboxylic acids is 1. The molecule has 0 saturated carbocycles. The van der Waals surface area contributed by atoms with Crippen LogP contribution in [0.15, 0.2) is 61.2 Å². The fourth-order valence-corrected chi connectivity index (χ4v) is 4.09. The lowest BCUT2D eigenvalue weighted by Gasteiger charge is -2.17. The van der Waals surface area contributed by atoms with Gasteiger partial charge >= 0.3 is 6.18 Å². The molecule has 0 spiro atoms. The van der Waals surface area contributed by atoms with E-state index < -0.39 is 17.6 Å². The van der Waals surface area contributed by atoms with Gasteiger partial charge in [0, 0.05) is 36.6 Å². The molecule has 8 nitrogen and oxygen atoms in total. The number of hydrogen-bond donors (Lipinski definition) is 1. The molecular formula is C25H22F3N7O. The first-order chi connectivity index (χ1) is 17.3. The zero-order valence-electron chi connectivity index (χ0n) is 19.3. The van der Waals surface area contributed by atoms with Crippen LogP contribution >= 0.6 is 0 Å². The van der Waals surface area contributed by atoms with Crippen LogP contribution in [0.2, 0.25) is 0 Å². The Balaban J connectivity index is 1.38. The zero-order valence-corrected chi connectivity index (χ0v) is 19.3. The number of pyridine rings is 2. The summed E-state index contributed by atoms with van der Waals surface area (Å²) in [6.07, 6.45) is 4.11. The third-order valence-corrected chi connectivity index (χ3v) is 6.03. The van der Waals surface area contributed by atoms with Crippen LogP contribution in [0, 0.1) is 6.92 Å². The highest BCUT2D eigenvalue weighted by atomic mass is 19.4. The maximum atomic E-state index is 13.0. The van der Waals surface area contributed by atoms with Gasteiger partial charge in [-0.25, -0.2) is 9.67 Å². The van der Waals surface area contributed by atoms with Crippen molar-refractivity contribution in [3.63, 3.8) is 0 Å². The first kappa shape index (κ1) is 23.5. The van der Waals surface area contributed by atoms with Crippen molar-refractivity contribution in [2.75, 3.05) is 23.3 Å². The topological polar surface area (TPSA) is 88.8 Å². The van der Waals surface area contributed by atoms with Crippen LogP contribution in [0.3, 0.4) is 0 Å². The quantitative estimate of drug-likeness (QED) is 0.425. The van der Waals surface area contributed by atoms with E-state index in [9.17, 15) is 18.0 Å². The summed E-state index contributed by atoms with van der Waals surface area (Å²) in [5, 5.41) is 10.9. The molecule has 3 aromatic heterocycles. The van der Waals surface area contributed by atoms with Gasteiger partial charge in [0.15, 0.2) is 0 Å². The molecule has 1 fully saturated rings. The second-order valence-electron chi connectivity index (χ2n) is 8.56. The number of hydrogen-bond acceptors (Lipinski definition) is 6. The van der Waals surface area contributed by atoms with Crippen molar-refractivity contribution in [3.8, 4) is 16.9 Å². The van der Waals surface area contributed by atoms with E-state index in [1.54, 1.807) is 35.3 Å². The maximum Gasteiger partial charge on any atom is 0.416 e. The number of alkyl halides is 3. The van der Waals surface area contributed by atoms with E-state index in [-0.39, 0.29) is 11.4 Å². The largest absolute Gasteiger partial charge is 0.416 e.